The Morgan fingerprint density at radius 2 is 2.23 bits per heavy atom. The number of rotatable bonds is 7. The van der Waals surface area contributed by atoms with E-state index in [0.717, 1.165) is 37.6 Å². The minimum atomic E-state index is -0.0615. The lowest BCUT2D eigenvalue weighted by Gasteiger charge is -2.22. The number of ether oxygens (including phenoxy) is 2. The Kier molecular flexibility index (Phi) is 7.72. The van der Waals surface area contributed by atoms with Crippen LogP contribution in [0.5, 0.6) is 5.75 Å². The number of nitrogens with one attached hydrogen (secondary N) is 1. The van der Waals surface area contributed by atoms with E-state index in [-0.39, 0.29) is 12.5 Å². The Bertz CT molecular complexity index is 619. The number of benzene rings is 1. The predicted octanol–water partition coefficient (Wildman–Crippen LogP) is 1.20. The minimum absolute atomic E-state index is 0.0419. The van der Waals surface area contributed by atoms with Crippen LogP contribution in [0, 0.1) is 5.92 Å². The van der Waals surface area contributed by atoms with Crippen LogP contribution in [0.4, 0.5) is 0 Å². The second kappa shape index (κ2) is 10.0. The van der Waals surface area contributed by atoms with Crippen LogP contribution >= 0.6 is 0 Å². The average Bonchev–Trinajstić information content (AvgIpc) is 3.09. The van der Waals surface area contributed by atoms with Crippen molar-refractivity contribution in [3.05, 3.63) is 29.8 Å². The molecule has 0 radical (unpaired) electrons. The number of hydrogen-bond acceptors (Lipinski definition) is 4. The first-order chi connectivity index (χ1) is 12.5. The van der Waals surface area contributed by atoms with Gasteiger partial charge in [-0.2, -0.15) is 0 Å². The van der Waals surface area contributed by atoms with Gasteiger partial charge >= 0.3 is 0 Å². The molecule has 1 unspecified atom stereocenters. The Morgan fingerprint density at radius 1 is 1.42 bits per heavy atom. The highest BCUT2D eigenvalue weighted by Gasteiger charge is 2.24. The monoisotopic (exact) mass is 362 g/mol. The number of hydrogen-bond donors (Lipinski definition) is 1. The lowest BCUT2D eigenvalue weighted by Crippen LogP contribution is -2.39. The van der Waals surface area contributed by atoms with Gasteiger partial charge in [0, 0.05) is 53.8 Å². The Balaban J connectivity index is 1.86. The average molecular weight is 362 g/mol. The van der Waals surface area contributed by atoms with E-state index in [1.165, 1.54) is 4.90 Å². The number of aliphatic imine (C=N–C) groups is 1. The van der Waals surface area contributed by atoms with Crippen LogP contribution in [0.25, 0.3) is 0 Å². The molecule has 26 heavy (non-hydrogen) atoms. The van der Waals surface area contributed by atoms with Crippen molar-refractivity contribution in [3.63, 3.8) is 0 Å². The molecule has 1 amide bonds. The number of guanidine groups is 1. The molecule has 144 valence electrons. The van der Waals surface area contributed by atoms with E-state index in [9.17, 15) is 4.79 Å². The van der Waals surface area contributed by atoms with Gasteiger partial charge in [-0.05, 0) is 24.1 Å². The van der Waals surface area contributed by atoms with Crippen LogP contribution in [0.1, 0.15) is 12.0 Å². The molecule has 1 heterocycles. The highest BCUT2D eigenvalue weighted by molar-refractivity contribution is 5.80. The number of likely N-dealkylation sites (tertiary alicyclic amines) is 1. The molecular formula is C19H30N4O3. The molecule has 2 rings (SSSR count). The molecule has 0 saturated carbocycles. The molecule has 1 N–H and O–H groups in total. The minimum Gasteiger partial charge on any atom is -0.484 e. The second-order valence-corrected chi connectivity index (χ2v) is 6.68. The summed E-state index contributed by atoms with van der Waals surface area (Å²) in [5.41, 5.74) is 1.08. The van der Waals surface area contributed by atoms with Gasteiger partial charge in [0.05, 0.1) is 6.61 Å². The number of nitrogens with zero attached hydrogens (tertiary/aromatic N) is 3. The summed E-state index contributed by atoms with van der Waals surface area (Å²) in [6.45, 7) is 3.43. The van der Waals surface area contributed by atoms with Crippen LogP contribution in [0.2, 0.25) is 0 Å². The third-order valence-corrected chi connectivity index (χ3v) is 4.41. The van der Waals surface area contributed by atoms with E-state index in [2.05, 4.69) is 15.2 Å². The van der Waals surface area contributed by atoms with Crippen LogP contribution in [-0.2, 0) is 16.1 Å². The summed E-state index contributed by atoms with van der Waals surface area (Å²) in [7, 11) is 6.98. The topological polar surface area (TPSA) is 66.4 Å². The van der Waals surface area contributed by atoms with Crippen molar-refractivity contribution < 1.29 is 14.3 Å². The third kappa shape index (κ3) is 5.91. The fourth-order valence-corrected chi connectivity index (χ4v) is 2.93. The second-order valence-electron chi connectivity index (χ2n) is 6.68. The van der Waals surface area contributed by atoms with Crippen molar-refractivity contribution in [1.29, 1.82) is 0 Å². The van der Waals surface area contributed by atoms with Gasteiger partial charge in [-0.25, -0.2) is 0 Å². The lowest BCUT2D eigenvalue weighted by molar-refractivity contribution is -0.130. The fourth-order valence-electron chi connectivity index (χ4n) is 2.93. The van der Waals surface area contributed by atoms with E-state index >= 15 is 0 Å². The van der Waals surface area contributed by atoms with E-state index in [0.29, 0.717) is 18.2 Å². The van der Waals surface area contributed by atoms with Crippen molar-refractivity contribution in [2.45, 2.75) is 13.0 Å². The van der Waals surface area contributed by atoms with E-state index < -0.39 is 0 Å². The molecule has 7 heteroatoms. The van der Waals surface area contributed by atoms with Gasteiger partial charge in [0.1, 0.15) is 5.75 Å². The molecule has 0 aliphatic carbocycles. The zero-order valence-electron chi connectivity index (χ0n) is 16.2. The zero-order chi connectivity index (χ0) is 18.9. The largest absolute Gasteiger partial charge is 0.484 e. The highest BCUT2D eigenvalue weighted by Crippen LogP contribution is 2.17. The summed E-state index contributed by atoms with van der Waals surface area (Å²) < 4.78 is 10.8. The molecule has 1 aromatic carbocycles. The maximum Gasteiger partial charge on any atom is 0.259 e. The summed E-state index contributed by atoms with van der Waals surface area (Å²) in [6.07, 6.45) is 1.12. The molecule has 0 aromatic heterocycles. The summed E-state index contributed by atoms with van der Waals surface area (Å²) in [5, 5.41) is 3.41. The van der Waals surface area contributed by atoms with Crippen molar-refractivity contribution in [3.8, 4) is 5.75 Å². The van der Waals surface area contributed by atoms with Gasteiger partial charge in [-0.1, -0.05) is 12.1 Å². The van der Waals surface area contributed by atoms with Gasteiger partial charge in [-0.15, -0.1) is 0 Å². The van der Waals surface area contributed by atoms with Crippen LogP contribution < -0.4 is 10.1 Å². The number of amides is 1. The number of methoxy groups -OCH3 is 1. The fraction of sp³-hybridized carbons (Fsp3) is 0.579. The van der Waals surface area contributed by atoms with Gasteiger partial charge in [-0.3, -0.25) is 9.79 Å². The number of carbonyl (C=O) groups is 1. The van der Waals surface area contributed by atoms with Crippen molar-refractivity contribution in [2.75, 3.05) is 54.6 Å². The summed E-state index contributed by atoms with van der Waals surface area (Å²) in [5.74, 6) is 2.09. The maximum atomic E-state index is 11.6. The molecule has 1 fully saturated rings. The predicted molar refractivity (Wildman–Crippen MR) is 102 cm³/mol. The van der Waals surface area contributed by atoms with Crippen LogP contribution in [-0.4, -0.2) is 76.2 Å². The molecule has 0 spiro atoms. The van der Waals surface area contributed by atoms with Gasteiger partial charge in [0.15, 0.2) is 12.6 Å². The molecule has 1 aromatic rings. The number of carbonyl (C=O) groups excluding carboxylic acids is 1. The molecule has 0 bridgehead atoms. The summed E-state index contributed by atoms with van der Waals surface area (Å²) in [6, 6.07) is 7.76. The lowest BCUT2D eigenvalue weighted by atomic mass is 10.1. The van der Waals surface area contributed by atoms with E-state index in [1.807, 2.05) is 24.3 Å². The maximum absolute atomic E-state index is 11.6. The number of likely N-dealkylation sites (N-methyl/N-ethyl adjacent to an activating group) is 1. The van der Waals surface area contributed by atoms with Crippen LogP contribution in [0.3, 0.4) is 0 Å². The van der Waals surface area contributed by atoms with Crippen molar-refractivity contribution in [2.24, 2.45) is 10.9 Å². The molecule has 7 nitrogen and oxygen atoms in total. The molecule has 1 saturated heterocycles. The van der Waals surface area contributed by atoms with Crippen LogP contribution in [0.15, 0.2) is 29.3 Å². The summed E-state index contributed by atoms with van der Waals surface area (Å²) in [4.78, 5) is 19.8. The normalized spacial score (nSPS) is 17.3. The summed E-state index contributed by atoms with van der Waals surface area (Å²) >= 11 is 0. The SMILES string of the molecule is CN=C(NCc1cccc(OCC(=O)N(C)C)c1)N1CCC(COC)C1. The van der Waals surface area contributed by atoms with E-state index in [1.54, 1.807) is 28.3 Å². The molecular weight excluding hydrogens is 332 g/mol. The third-order valence-electron chi connectivity index (χ3n) is 4.41. The van der Waals surface area contributed by atoms with Gasteiger partial charge < -0.3 is 24.6 Å². The standard InChI is InChI=1S/C19H30N4O3/c1-20-19(23-9-8-16(12-23)13-25-4)21-11-15-6-5-7-17(10-15)26-14-18(24)22(2)3/h5-7,10,16H,8-9,11-14H2,1-4H3,(H,20,21). The Hall–Kier alpha value is -2.28. The molecule has 1 aliphatic rings. The Labute approximate surface area is 156 Å². The highest BCUT2D eigenvalue weighted by atomic mass is 16.5. The van der Waals surface area contributed by atoms with Crippen molar-refractivity contribution in [1.82, 2.24) is 15.1 Å². The zero-order valence-corrected chi connectivity index (χ0v) is 16.2. The quantitative estimate of drug-likeness (QED) is 0.583. The molecule has 1 atom stereocenters. The molecule has 1 aliphatic heterocycles. The van der Waals surface area contributed by atoms with Gasteiger partial charge in [0.25, 0.3) is 5.91 Å². The smallest absolute Gasteiger partial charge is 0.259 e. The first kappa shape index (κ1) is 20.0. The Morgan fingerprint density at radius 3 is 2.92 bits per heavy atom. The first-order valence-corrected chi connectivity index (χ1v) is 8.90. The van der Waals surface area contributed by atoms with Crippen molar-refractivity contribution >= 4 is 11.9 Å². The first-order valence-electron chi connectivity index (χ1n) is 8.90. The van der Waals surface area contributed by atoms with E-state index in [4.69, 9.17) is 9.47 Å². The van der Waals surface area contributed by atoms with Gasteiger partial charge in [0.2, 0.25) is 0 Å².